The van der Waals surface area contributed by atoms with Crippen LogP contribution in [0.3, 0.4) is 0 Å². The molecule has 100 valence electrons. The van der Waals surface area contributed by atoms with Gasteiger partial charge in [0.15, 0.2) is 5.16 Å². The van der Waals surface area contributed by atoms with E-state index in [9.17, 15) is 4.79 Å². The minimum absolute atomic E-state index is 0.0242. The second-order valence-corrected chi connectivity index (χ2v) is 5.24. The van der Waals surface area contributed by atoms with E-state index in [1.54, 1.807) is 0 Å². The van der Waals surface area contributed by atoms with Gasteiger partial charge in [0, 0.05) is 6.54 Å². The average molecular weight is 276 g/mol. The van der Waals surface area contributed by atoms with Crippen molar-refractivity contribution >= 4 is 28.8 Å². The Morgan fingerprint density at radius 1 is 1.58 bits per heavy atom. The maximum absolute atomic E-state index is 10.7. The number of nitrogens with zero attached hydrogens (tertiary/aromatic N) is 2. The molecule has 2 rings (SSSR count). The van der Waals surface area contributed by atoms with Crippen LogP contribution in [0.5, 0.6) is 0 Å². The van der Waals surface area contributed by atoms with Crippen molar-refractivity contribution in [3.8, 4) is 0 Å². The second kappa shape index (κ2) is 5.93. The lowest BCUT2D eigenvalue weighted by Gasteiger charge is -2.06. The molecule has 0 amide bonds. The van der Waals surface area contributed by atoms with Gasteiger partial charge in [-0.2, -0.15) is 0 Å². The molecule has 0 unspecified atom stereocenters. The lowest BCUT2D eigenvalue weighted by atomic mass is 10.2. The third kappa shape index (κ3) is 3.17. The van der Waals surface area contributed by atoms with Gasteiger partial charge in [0.2, 0.25) is 0 Å². The standard InChI is InChI=1S/C14H16N2O2S/c1-3-4-7-16-12-8-10(2)5-6-11(12)15-14(16)19-9-13(17)18/h3,5-6,8H,1,4,7,9H2,2H3,(H,17,18). The number of aryl methyl sites for hydroxylation is 2. The Bertz CT molecular complexity index is 619. The molecule has 0 bridgehead atoms. The molecule has 4 nitrogen and oxygen atoms in total. The summed E-state index contributed by atoms with van der Waals surface area (Å²) in [5.74, 6) is -0.806. The highest BCUT2D eigenvalue weighted by Crippen LogP contribution is 2.25. The van der Waals surface area contributed by atoms with E-state index in [2.05, 4.69) is 22.2 Å². The maximum Gasteiger partial charge on any atom is 0.313 e. The molecule has 0 atom stereocenters. The second-order valence-electron chi connectivity index (χ2n) is 4.30. The fourth-order valence-corrected chi connectivity index (χ4v) is 2.64. The van der Waals surface area contributed by atoms with Crippen LogP contribution in [0.4, 0.5) is 0 Å². The number of thioether (sulfide) groups is 1. The van der Waals surface area contributed by atoms with Gasteiger partial charge in [0.05, 0.1) is 16.8 Å². The van der Waals surface area contributed by atoms with Crippen LogP contribution in [0.25, 0.3) is 11.0 Å². The van der Waals surface area contributed by atoms with Gasteiger partial charge in [-0.1, -0.05) is 23.9 Å². The summed E-state index contributed by atoms with van der Waals surface area (Å²) in [6, 6.07) is 6.06. The van der Waals surface area contributed by atoms with Crippen LogP contribution < -0.4 is 0 Å². The highest BCUT2D eigenvalue weighted by atomic mass is 32.2. The van der Waals surface area contributed by atoms with Crippen LogP contribution in [-0.4, -0.2) is 26.4 Å². The highest BCUT2D eigenvalue weighted by molar-refractivity contribution is 7.99. The largest absolute Gasteiger partial charge is 0.481 e. The van der Waals surface area contributed by atoms with E-state index >= 15 is 0 Å². The number of hydrogen-bond acceptors (Lipinski definition) is 3. The van der Waals surface area contributed by atoms with E-state index in [0.29, 0.717) is 0 Å². The van der Waals surface area contributed by atoms with Crippen LogP contribution >= 0.6 is 11.8 Å². The first-order chi connectivity index (χ1) is 9.11. The summed E-state index contributed by atoms with van der Waals surface area (Å²) in [6.07, 6.45) is 2.69. The number of aromatic nitrogens is 2. The van der Waals surface area contributed by atoms with Gasteiger partial charge in [-0.15, -0.1) is 6.58 Å². The van der Waals surface area contributed by atoms with Crippen LogP contribution in [0.2, 0.25) is 0 Å². The van der Waals surface area contributed by atoms with E-state index in [1.165, 1.54) is 17.3 Å². The topological polar surface area (TPSA) is 55.1 Å². The quantitative estimate of drug-likeness (QED) is 0.650. The Morgan fingerprint density at radius 3 is 3.05 bits per heavy atom. The monoisotopic (exact) mass is 276 g/mol. The van der Waals surface area contributed by atoms with Crippen molar-refractivity contribution in [2.45, 2.75) is 25.0 Å². The van der Waals surface area contributed by atoms with Crippen molar-refractivity contribution in [2.24, 2.45) is 0 Å². The highest BCUT2D eigenvalue weighted by Gasteiger charge is 2.12. The Labute approximate surface area is 116 Å². The molecule has 0 aliphatic heterocycles. The molecule has 1 heterocycles. The number of imidazole rings is 1. The minimum Gasteiger partial charge on any atom is -0.481 e. The molecule has 1 aromatic heterocycles. The minimum atomic E-state index is -0.830. The summed E-state index contributed by atoms with van der Waals surface area (Å²) in [5, 5.41) is 9.54. The van der Waals surface area contributed by atoms with Crippen LogP contribution in [-0.2, 0) is 11.3 Å². The Morgan fingerprint density at radius 2 is 2.37 bits per heavy atom. The number of rotatable bonds is 6. The van der Waals surface area contributed by atoms with Gasteiger partial charge in [0.25, 0.3) is 0 Å². The van der Waals surface area contributed by atoms with Crippen molar-refractivity contribution in [3.63, 3.8) is 0 Å². The molecular weight excluding hydrogens is 260 g/mol. The zero-order valence-corrected chi connectivity index (χ0v) is 11.6. The predicted octanol–water partition coefficient (Wildman–Crippen LogP) is 3.10. The molecule has 0 saturated heterocycles. The Balaban J connectivity index is 2.42. The number of allylic oxidation sites excluding steroid dienone is 1. The normalized spacial score (nSPS) is 10.8. The number of carbonyl (C=O) groups is 1. The number of hydrogen-bond donors (Lipinski definition) is 1. The zero-order chi connectivity index (χ0) is 13.8. The van der Waals surface area contributed by atoms with Crippen molar-refractivity contribution in [1.29, 1.82) is 0 Å². The smallest absolute Gasteiger partial charge is 0.313 e. The fraction of sp³-hybridized carbons (Fsp3) is 0.286. The third-order valence-corrected chi connectivity index (χ3v) is 3.71. The van der Waals surface area contributed by atoms with E-state index in [1.807, 2.05) is 25.1 Å². The van der Waals surface area contributed by atoms with Crippen molar-refractivity contribution < 1.29 is 9.90 Å². The SMILES string of the molecule is C=CCCn1c(SCC(=O)O)nc2ccc(C)cc21. The molecule has 0 spiro atoms. The Kier molecular flexibility index (Phi) is 4.27. The molecule has 19 heavy (non-hydrogen) atoms. The summed E-state index contributed by atoms with van der Waals surface area (Å²) >= 11 is 1.26. The zero-order valence-electron chi connectivity index (χ0n) is 10.8. The van der Waals surface area contributed by atoms with Gasteiger partial charge < -0.3 is 9.67 Å². The molecule has 0 saturated carbocycles. The van der Waals surface area contributed by atoms with Crippen LogP contribution in [0.1, 0.15) is 12.0 Å². The first-order valence-corrected chi connectivity index (χ1v) is 7.02. The summed E-state index contributed by atoms with van der Waals surface area (Å²) in [5.41, 5.74) is 3.12. The lowest BCUT2D eigenvalue weighted by molar-refractivity contribution is -0.133. The van der Waals surface area contributed by atoms with E-state index in [-0.39, 0.29) is 5.75 Å². The summed E-state index contributed by atoms with van der Waals surface area (Å²) in [4.78, 5) is 15.2. The van der Waals surface area contributed by atoms with Crippen LogP contribution in [0.15, 0.2) is 36.0 Å². The van der Waals surface area contributed by atoms with Gasteiger partial charge >= 0.3 is 5.97 Å². The number of fused-ring (bicyclic) bond motifs is 1. The van der Waals surface area contributed by atoms with E-state index in [0.717, 1.165) is 29.2 Å². The van der Waals surface area contributed by atoms with Crippen molar-refractivity contribution in [1.82, 2.24) is 9.55 Å². The molecule has 0 radical (unpaired) electrons. The number of carboxylic acids is 1. The van der Waals surface area contributed by atoms with Gasteiger partial charge in [0.1, 0.15) is 0 Å². The molecule has 2 aromatic rings. The summed E-state index contributed by atoms with van der Waals surface area (Å²) in [6.45, 7) is 6.53. The summed E-state index contributed by atoms with van der Waals surface area (Å²) < 4.78 is 2.07. The molecule has 5 heteroatoms. The molecule has 1 aromatic carbocycles. The first kappa shape index (κ1) is 13.7. The average Bonchev–Trinajstić information content (AvgIpc) is 2.71. The number of carboxylic acid groups (broad SMARTS) is 1. The predicted molar refractivity (Wildman–Crippen MR) is 77.6 cm³/mol. The molecule has 0 fully saturated rings. The van der Waals surface area contributed by atoms with Gasteiger partial charge in [-0.25, -0.2) is 4.98 Å². The Hall–Kier alpha value is -1.75. The van der Waals surface area contributed by atoms with Crippen molar-refractivity contribution in [3.05, 3.63) is 36.4 Å². The van der Waals surface area contributed by atoms with Crippen LogP contribution in [0, 0.1) is 6.92 Å². The molecule has 0 aliphatic carbocycles. The molecule has 1 N–H and O–H groups in total. The third-order valence-electron chi connectivity index (χ3n) is 2.75. The fourth-order valence-electron chi connectivity index (χ4n) is 1.88. The number of benzene rings is 1. The first-order valence-electron chi connectivity index (χ1n) is 6.04. The van der Waals surface area contributed by atoms with E-state index in [4.69, 9.17) is 5.11 Å². The lowest BCUT2D eigenvalue weighted by Crippen LogP contribution is -2.03. The summed E-state index contributed by atoms with van der Waals surface area (Å²) in [7, 11) is 0. The molecule has 0 aliphatic rings. The van der Waals surface area contributed by atoms with E-state index < -0.39 is 5.97 Å². The number of aliphatic carboxylic acids is 1. The maximum atomic E-state index is 10.7. The van der Waals surface area contributed by atoms with Crippen molar-refractivity contribution in [2.75, 3.05) is 5.75 Å². The van der Waals surface area contributed by atoms with Gasteiger partial charge in [-0.3, -0.25) is 4.79 Å². The van der Waals surface area contributed by atoms with Gasteiger partial charge in [-0.05, 0) is 31.0 Å². The molecular formula is C14H16N2O2S.